The first-order chi connectivity index (χ1) is 20.5. The summed E-state index contributed by atoms with van der Waals surface area (Å²) in [6.07, 6.45) is 9.01. The van der Waals surface area contributed by atoms with Crippen molar-refractivity contribution in [1.29, 1.82) is 0 Å². The lowest BCUT2D eigenvalue weighted by Crippen LogP contribution is -2.28. The van der Waals surface area contributed by atoms with Crippen LogP contribution in [-0.4, -0.2) is 38.2 Å². The van der Waals surface area contributed by atoms with Crippen LogP contribution >= 0.6 is 11.3 Å². The van der Waals surface area contributed by atoms with E-state index in [9.17, 15) is 0 Å². The second kappa shape index (κ2) is 11.0. The Kier molecular flexibility index (Phi) is 6.93. The van der Waals surface area contributed by atoms with E-state index in [-0.39, 0.29) is 0 Å². The number of anilines is 1. The van der Waals surface area contributed by atoms with Gasteiger partial charge in [0.1, 0.15) is 5.69 Å². The van der Waals surface area contributed by atoms with Gasteiger partial charge in [0.2, 0.25) is 0 Å². The summed E-state index contributed by atoms with van der Waals surface area (Å²) in [4.78, 5) is 15.1. The van der Waals surface area contributed by atoms with Crippen molar-refractivity contribution in [3.63, 3.8) is 0 Å². The van der Waals surface area contributed by atoms with Crippen molar-refractivity contribution in [3.8, 4) is 33.1 Å². The summed E-state index contributed by atoms with van der Waals surface area (Å²) in [5.41, 5.74) is 9.97. The Balaban J connectivity index is 1.19. The molecular formula is C34H33N7S. The third-order valence-electron chi connectivity index (χ3n) is 8.01. The molecule has 7 nitrogen and oxygen atoms in total. The molecule has 0 bridgehead atoms. The molecule has 0 radical (unpaired) electrons. The average Bonchev–Trinajstić information content (AvgIpc) is 3.75. The Morgan fingerprint density at radius 2 is 1.81 bits per heavy atom. The number of piperidine rings is 1. The van der Waals surface area contributed by atoms with Crippen LogP contribution in [0.2, 0.25) is 0 Å². The van der Waals surface area contributed by atoms with Gasteiger partial charge >= 0.3 is 0 Å². The van der Waals surface area contributed by atoms with Crippen molar-refractivity contribution in [2.24, 2.45) is 5.92 Å². The molecule has 0 unspecified atom stereocenters. The molecule has 0 amide bonds. The van der Waals surface area contributed by atoms with Gasteiger partial charge in [-0.05, 0) is 98.8 Å². The lowest BCUT2D eigenvalue weighted by Gasteiger charge is -2.23. The molecule has 6 aromatic rings. The normalized spacial score (nSPS) is 14.0. The maximum atomic E-state index is 4.73. The molecule has 1 saturated heterocycles. The fraction of sp³-hybridized carbons (Fsp3) is 0.206. The Morgan fingerprint density at radius 3 is 2.64 bits per heavy atom. The first-order valence-corrected chi connectivity index (χ1v) is 15.2. The van der Waals surface area contributed by atoms with Gasteiger partial charge in [0.25, 0.3) is 0 Å². The van der Waals surface area contributed by atoms with Crippen LogP contribution in [0.1, 0.15) is 31.1 Å². The Hall–Kier alpha value is -4.53. The minimum atomic E-state index is 0.680. The van der Waals surface area contributed by atoms with E-state index in [2.05, 4.69) is 81.3 Å². The van der Waals surface area contributed by atoms with E-state index < -0.39 is 0 Å². The summed E-state index contributed by atoms with van der Waals surface area (Å²) in [7, 11) is 0. The number of H-pyrrole nitrogens is 2. The van der Waals surface area contributed by atoms with E-state index in [4.69, 9.17) is 10.1 Å². The molecule has 6 heterocycles. The smallest absolute Gasteiger partial charge is 0.116 e. The van der Waals surface area contributed by atoms with Crippen LogP contribution in [0.3, 0.4) is 0 Å². The molecule has 4 N–H and O–H groups in total. The molecule has 42 heavy (non-hydrogen) atoms. The van der Waals surface area contributed by atoms with Gasteiger partial charge in [-0.1, -0.05) is 19.2 Å². The minimum absolute atomic E-state index is 0.680. The number of benzene rings is 1. The molecule has 0 aliphatic carbocycles. The molecule has 1 aliphatic heterocycles. The van der Waals surface area contributed by atoms with Gasteiger partial charge in [-0.25, -0.2) is 0 Å². The lowest BCUT2D eigenvalue weighted by atomic mass is 9.93. The first kappa shape index (κ1) is 26.4. The molecule has 0 atom stereocenters. The zero-order chi connectivity index (χ0) is 28.6. The molecule has 1 fully saturated rings. The topological polar surface area (TPSA) is 94.3 Å². The molecule has 0 saturated carbocycles. The number of allylic oxidation sites excluding steroid dienone is 2. The number of rotatable bonds is 8. The highest BCUT2D eigenvalue weighted by atomic mass is 32.1. The summed E-state index contributed by atoms with van der Waals surface area (Å²) < 4.78 is 0. The number of fused-ring (bicyclic) bond motifs is 2. The van der Waals surface area contributed by atoms with Crippen molar-refractivity contribution >= 4 is 44.4 Å². The second-order valence-electron chi connectivity index (χ2n) is 11.2. The highest BCUT2D eigenvalue weighted by Crippen LogP contribution is 2.37. The third-order valence-corrected chi connectivity index (χ3v) is 9.27. The van der Waals surface area contributed by atoms with E-state index >= 15 is 0 Å². The molecule has 1 aromatic carbocycles. The van der Waals surface area contributed by atoms with Gasteiger partial charge in [-0.2, -0.15) is 5.10 Å². The minimum Gasteiger partial charge on any atom is -0.358 e. The summed E-state index contributed by atoms with van der Waals surface area (Å²) in [6.45, 7) is 12.6. The number of thiophene rings is 1. The van der Waals surface area contributed by atoms with Crippen LogP contribution in [0.4, 0.5) is 5.69 Å². The highest BCUT2D eigenvalue weighted by Gasteiger charge is 2.17. The highest BCUT2D eigenvalue weighted by molar-refractivity contribution is 7.16. The molecule has 0 spiro atoms. The van der Waals surface area contributed by atoms with Crippen LogP contribution < -0.4 is 10.6 Å². The standard InChI is InChI=1S/C34H33N7S/c1-20(2)31-6-7-32(42-31)34-27-17-30(39-28(27)10-13-37-34)33-26-16-23(4-5-29(26)40-41-33)24-15-25(19-36-18-24)38-21(3)14-22-8-11-35-12-9-22/h4-7,10,13,15-19,22,35,38-39H,1,3,8-9,11-12,14H2,2H3,(H,40,41). The largest absolute Gasteiger partial charge is 0.358 e. The molecule has 7 rings (SSSR count). The monoisotopic (exact) mass is 571 g/mol. The zero-order valence-electron chi connectivity index (χ0n) is 23.6. The molecule has 5 aromatic heterocycles. The van der Waals surface area contributed by atoms with Crippen LogP contribution in [0.15, 0.2) is 86.0 Å². The van der Waals surface area contributed by atoms with Gasteiger partial charge in [-0.3, -0.25) is 15.1 Å². The maximum Gasteiger partial charge on any atom is 0.116 e. The average molecular weight is 572 g/mol. The summed E-state index contributed by atoms with van der Waals surface area (Å²) >= 11 is 1.71. The number of nitrogens with one attached hydrogen (secondary N) is 4. The molecular weight excluding hydrogens is 538 g/mol. The van der Waals surface area contributed by atoms with E-state index in [0.717, 1.165) is 91.4 Å². The summed E-state index contributed by atoms with van der Waals surface area (Å²) in [5, 5.41) is 17.0. The number of aromatic amines is 2. The second-order valence-corrected chi connectivity index (χ2v) is 12.3. The van der Waals surface area contributed by atoms with Crippen molar-refractivity contribution in [3.05, 3.63) is 90.9 Å². The fourth-order valence-corrected chi connectivity index (χ4v) is 6.77. The van der Waals surface area contributed by atoms with Crippen LogP contribution in [0, 0.1) is 5.92 Å². The quantitative estimate of drug-likeness (QED) is 0.148. The maximum absolute atomic E-state index is 4.73. The van der Waals surface area contributed by atoms with Crippen LogP contribution in [0.25, 0.3) is 60.5 Å². The molecule has 1 aliphatic rings. The lowest BCUT2D eigenvalue weighted by molar-refractivity contribution is 0.373. The van der Waals surface area contributed by atoms with Gasteiger partial charge in [-0.15, -0.1) is 11.3 Å². The predicted molar refractivity (Wildman–Crippen MR) is 175 cm³/mol. The van der Waals surface area contributed by atoms with E-state index in [1.807, 2.05) is 31.6 Å². The first-order valence-electron chi connectivity index (χ1n) is 14.3. The molecule has 8 heteroatoms. The van der Waals surface area contributed by atoms with Gasteiger partial charge in [0.15, 0.2) is 0 Å². The number of hydrogen-bond acceptors (Lipinski definition) is 6. The van der Waals surface area contributed by atoms with Crippen molar-refractivity contribution in [2.45, 2.75) is 26.2 Å². The summed E-state index contributed by atoms with van der Waals surface area (Å²) in [5.74, 6) is 0.680. The van der Waals surface area contributed by atoms with E-state index in [1.165, 1.54) is 17.7 Å². The van der Waals surface area contributed by atoms with Crippen LogP contribution in [0.5, 0.6) is 0 Å². The third kappa shape index (κ3) is 5.15. The molecule has 210 valence electrons. The Labute approximate surface area is 248 Å². The summed E-state index contributed by atoms with van der Waals surface area (Å²) in [6, 6.07) is 16.9. The van der Waals surface area contributed by atoms with E-state index in [1.54, 1.807) is 11.3 Å². The fourth-order valence-electron chi connectivity index (χ4n) is 5.83. The van der Waals surface area contributed by atoms with Crippen molar-refractivity contribution in [2.75, 3.05) is 18.4 Å². The van der Waals surface area contributed by atoms with Crippen LogP contribution in [-0.2, 0) is 0 Å². The number of hydrogen-bond donors (Lipinski definition) is 4. The SMILES string of the molecule is C=C(CC1CCNCC1)Nc1cncc(-c2ccc3[nH]nc(-c4cc5c(-c6ccc(C(=C)C)s6)nccc5[nH]4)c3c2)c1. The number of pyridine rings is 2. The number of nitrogens with zero attached hydrogens (tertiary/aromatic N) is 3. The van der Waals surface area contributed by atoms with Gasteiger partial charge < -0.3 is 15.6 Å². The number of aromatic nitrogens is 5. The van der Waals surface area contributed by atoms with Gasteiger partial charge in [0, 0.05) is 44.8 Å². The predicted octanol–water partition coefficient (Wildman–Crippen LogP) is 8.25. The van der Waals surface area contributed by atoms with Crippen molar-refractivity contribution in [1.82, 2.24) is 30.5 Å². The van der Waals surface area contributed by atoms with Crippen molar-refractivity contribution < 1.29 is 0 Å². The van der Waals surface area contributed by atoms with Gasteiger partial charge in [0.05, 0.1) is 33.7 Å². The Morgan fingerprint density at radius 1 is 0.952 bits per heavy atom. The zero-order valence-corrected chi connectivity index (χ0v) is 24.4. The Bertz CT molecular complexity index is 1940. The van der Waals surface area contributed by atoms with E-state index in [0.29, 0.717) is 5.92 Å².